The molecule has 0 bridgehead atoms. The normalized spacial score (nSPS) is 12.1. The monoisotopic (exact) mass is 343 g/mol. The second kappa shape index (κ2) is 7.28. The van der Waals surface area contributed by atoms with E-state index in [0.29, 0.717) is 22.2 Å². The van der Waals surface area contributed by atoms with E-state index in [1.165, 1.54) is 7.11 Å². The number of benzene rings is 1. The molecule has 0 heterocycles. The van der Waals surface area contributed by atoms with Gasteiger partial charge >= 0.3 is 5.97 Å². The first-order valence-corrected chi connectivity index (χ1v) is 7.01. The van der Waals surface area contributed by atoms with Crippen molar-refractivity contribution >= 4 is 27.8 Å². The molecule has 0 unspecified atom stereocenters. The van der Waals surface area contributed by atoms with E-state index in [1.54, 1.807) is 18.2 Å². The quantitative estimate of drug-likeness (QED) is 0.832. The standard InChI is InChI=1S/C14H18BrNO4/c1-8(2)6-12(14(18)19)16-13(17)10-7-9(20-3)4-5-11(10)15/h4-5,7-8,12H,6H2,1-3H3,(H,16,17)(H,18,19)/t12-/m1/s1. The van der Waals surface area contributed by atoms with Gasteiger partial charge in [-0.05, 0) is 46.5 Å². The summed E-state index contributed by atoms with van der Waals surface area (Å²) >= 11 is 3.27. The Morgan fingerprint density at radius 2 is 2.05 bits per heavy atom. The van der Waals surface area contributed by atoms with Crippen molar-refractivity contribution in [2.75, 3.05) is 7.11 Å². The van der Waals surface area contributed by atoms with Crippen molar-refractivity contribution in [2.45, 2.75) is 26.3 Å². The van der Waals surface area contributed by atoms with Gasteiger partial charge in [-0.25, -0.2) is 4.79 Å². The Labute approximate surface area is 126 Å². The Morgan fingerprint density at radius 3 is 2.55 bits per heavy atom. The van der Waals surface area contributed by atoms with E-state index in [1.807, 2.05) is 13.8 Å². The predicted molar refractivity (Wildman–Crippen MR) is 79.0 cm³/mol. The van der Waals surface area contributed by atoms with E-state index in [9.17, 15) is 9.59 Å². The third-order valence-corrected chi connectivity index (χ3v) is 3.42. The summed E-state index contributed by atoms with van der Waals surface area (Å²) in [5, 5.41) is 11.7. The van der Waals surface area contributed by atoms with Crippen LogP contribution >= 0.6 is 15.9 Å². The number of methoxy groups -OCH3 is 1. The SMILES string of the molecule is COc1ccc(Br)c(C(=O)N[C@H](CC(C)C)C(=O)O)c1. The van der Waals surface area contributed by atoms with Crippen LogP contribution in [0.3, 0.4) is 0 Å². The fraction of sp³-hybridized carbons (Fsp3) is 0.429. The summed E-state index contributed by atoms with van der Waals surface area (Å²) < 4.78 is 5.65. The molecule has 0 saturated carbocycles. The molecular formula is C14H18BrNO4. The van der Waals surface area contributed by atoms with Crippen LogP contribution in [0.4, 0.5) is 0 Å². The number of halogens is 1. The highest BCUT2D eigenvalue weighted by Gasteiger charge is 2.22. The molecule has 0 saturated heterocycles. The van der Waals surface area contributed by atoms with Crippen LogP contribution in [0.15, 0.2) is 22.7 Å². The minimum Gasteiger partial charge on any atom is -0.497 e. The number of ether oxygens (including phenoxy) is 1. The zero-order valence-electron chi connectivity index (χ0n) is 11.6. The summed E-state index contributed by atoms with van der Waals surface area (Å²) in [6, 6.07) is 4.06. The van der Waals surface area contributed by atoms with E-state index >= 15 is 0 Å². The van der Waals surface area contributed by atoms with Gasteiger partial charge in [0.05, 0.1) is 12.7 Å². The van der Waals surface area contributed by atoms with Gasteiger partial charge in [-0.2, -0.15) is 0 Å². The zero-order chi connectivity index (χ0) is 15.3. The molecule has 0 aliphatic rings. The van der Waals surface area contributed by atoms with Crippen LogP contribution in [0.25, 0.3) is 0 Å². The van der Waals surface area contributed by atoms with Crippen LogP contribution in [0, 0.1) is 5.92 Å². The van der Waals surface area contributed by atoms with Crippen molar-refractivity contribution in [3.8, 4) is 5.75 Å². The largest absolute Gasteiger partial charge is 0.497 e. The maximum absolute atomic E-state index is 12.2. The van der Waals surface area contributed by atoms with Crippen LogP contribution in [-0.2, 0) is 4.79 Å². The Hall–Kier alpha value is -1.56. The van der Waals surface area contributed by atoms with Crippen LogP contribution in [0.2, 0.25) is 0 Å². The number of hydrogen-bond acceptors (Lipinski definition) is 3. The van der Waals surface area contributed by atoms with Crippen molar-refractivity contribution in [3.05, 3.63) is 28.2 Å². The van der Waals surface area contributed by atoms with E-state index < -0.39 is 17.9 Å². The Balaban J connectivity index is 2.91. The number of amides is 1. The van der Waals surface area contributed by atoms with Gasteiger partial charge < -0.3 is 15.2 Å². The molecule has 1 aromatic carbocycles. The third kappa shape index (κ3) is 4.52. The van der Waals surface area contributed by atoms with Crippen LogP contribution < -0.4 is 10.1 Å². The minimum absolute atomic E-state index is 0.171. The van der Waals surface area contributed by atoms with Gasteiger partial charge in [-0.1, -0.05) is 13.8 Å². The number of carbonyl (C=O) groups excluding carboxylic acids is 1. The first kappa shape index (κ1) is 16.5. The molecule has 0 aliphatic carbocycles. The number of hydrogen-bond donors (Lipinski definition) is 2. The van der Waals surface area contributed by atoms with Crippen LogP contribution in [-0.4, -0.2) is 30.1 Å². The predicted octanol–water partition coefficient (Wildman–Crippen LogP) is 2.69. The van der Waals surface area contributed by atoms with E-state index in [-0.39, 0.29) is 5.92 Å². The second-order valence-electron chi connectivity index (χ2n) is 4.84. The van der Waals surface area contributed by atoms with Gasteiger partial charge in [0.15, 0.2) is 0 Å². The molecule has 1 rings (SSSR count). The maximum Gasteiger partial charge on any atom is 0.326 e. The fourth-order valence-electron chi connectivity index (χ4n) is 1.73. The number of aliphatic carboxylic acids is 1. The minimum atomic E-state index is -1.04. The summed E-state index contributed by atoms with van der Waals surface area (Å²) in [5.41, 5.74) is 0.347. The molecular weight excluding hydrogens is 326 g/mol. The van der Waals surface area contributed by atoms with Crippen molar-refractivity contribution < 1.29 is 19.4 Å². The van der Waals surface area contributed by atoms with Crippen molar-refractivity contribution in [3.63, 3.8) is 0 Å². The first-order chi connectivity index (χ1) is 9.35. The molecule has 2 N–H and O–H groups in total. The van der Waals surface area contributed by atoms with E-state index in [2.05, 4.69) is 21.2 Å². The van der Waals surface area contributed by atoms with Crippen molar-refractivity contribution in [2.24, 2.45) is 5.92 Å². The maximum atomic E-state index is 12.2. The number of carboxylic acids is 1. The summed E-state index contributed by atoms with van der Waals surface area (Å²) in [6.45, 7) is 3.81. The molecule has 0 radical (unpaired) electrons. The van der Waals surface area contributed by atoms with Crippen molar-refractivity contribution in [1.82, 2.24) is 5.32 Å². The highest BCUT2D eigenvalue weighted by Crippen LogP contribution is 2.22. The molecule has 5 nitrogen and oxygen atoms in total. The van der Waals surface area contributed by atoms with Gasteiger partial charge in [-0.15, -0.1) is 0 Å². The van der Waals surface area contributed by atoms with Gasteiger partial charge in [0, 0.05) is 4.47 Å². The number of carboxylic acid groups (broad SMARTS) is 1. The van der Waals surface area contributed by atoms with Gasteiger partial charge in [0.1, 0.15) is 11.8 Å². The molecule has 0 spiro atoms. The first-order valence-electron chi connectivity index (χ1n) is 6.22. The Morgan fingerprint density at radius 1 is 1.40 bits per heavy atom. The van der Waals surface area contributed by atoms with Gasteiger partial charge in [0.2, 0.25) is 0 Å². The molecule has 110 valence electrons. The van der Waals surface area contributed by atoms with Gasteiger partial charge in [-0.3, -0.25) is 4.79 Å². The average Bonchev–Trinajstić information content (AvgIpc) is 2.37. The Kier molecular flexibility index (Phi) is 6.01. The van der Waals surface area contributed by atoms with Gasteiger partial charge in [0.25, 0.3) is 5.91 Å². The van der Waals surface area contributed by atoms with E-state index in [0.717, 1.165) is 0 Å². The lowest BCUT2D eigenvalue weighted by atomic mass is 10.0. The topological polar surface area (TPSA) is 75.6 Å². The van der Waals surface area contributed by atoms with Crippen molar-refractivity contribution in [1.29, 1.82) is 0 Å². The fourth-order valence-corrected chi connectivity index (χ4v) is 2.16. The smallest absolute Gasteiger partial charge is 0.326 e. The van der Waals surface area contributed by atoms with Crippen LogP contribution in [0.5, 0.6) is 5.75 Å². The highest BCUT2D eigenvalue weighted by atomic mass is 79.9. The lowest BCUT2D eigenvalue weighted by Gasteiger charge is -2.17. The molecule has 0 aliphatic heterocycles. The molecule has 1 amide bonds. The highest BCUT2D eigenvalue weighted by molar-refractivity contribution is 9.10. The molecule has 0 aromatic heterocycles. The number of nitrogens with one attached hydrogen (secondary N) is 1. The summed E-state index contributed by atoms with van der Waals surface area (Å²) in [4.78, 5) is 23.3. The lowest BCUT2D eigenvalue weighted by molar-refractivity contribution is -0.139. The summed E-state index contributed by atoms with van der Waals surface area (Å²) in [5.74, 6) is -0.769. The number of rotatable bonds is 6. The zero-order valence-corrected chi connectivity index (χ0v) is 13.2. The second-order valence-corrected chi connectivity index (χ2v) is 5.69. The molecule has 1 aromatic rings. The third-order valence-electron chi connectivity index (χ3n) is 2.73. The van der Waals surface area contributed by atoms with Crippen LogP contribution in [0.1, 0.15) is 30.6 Å². The summed E-state index contributed by atoms with van der Waals surface area (Å²) in [7, 11) is 1.50. The molecule has 1 atom stereocenters. The summed E-state index contributed by atoms with van der Waals surface area (Å²) in [6.07, 6.45) is 0.378. The molecule has 0 fully saturated rings. The molecule has 6 heteroatoms. The number of carbonyl (C=O) groups is 2. The average molecular weight is 344 g/mol. The lowest BCUT2D eigenvalue weighted by Crippen LogP contribution is -2.41. The van der Waals surface area contributed by atoms with E-state index in [4.69, 9.17) is 9.84 Å². The molecule has 20 heavy (non-hydrogen) atoms. The Bertz CT molecular complexity index is 502.